The molecule has 1 aliphatic rings. The van der Waals surface area contributed by atoms with Gasteiger partial charge in [-0.2, -0.15) is 0 Å². The molecule has 0 aliphatic carbocycles. The van der Waals surface area contributed by atoms with Crippen LogP contribution in [-0.4, -0.2) is 24.9 Å². The Bertz CT molecular complexity index is 733. The molecule has 5 nitrogen and oxygen atoms in total. The van der Waals surface area contributed by atoms with Crippen LogP contribution < -0.4 is 15.0 Å². The Balaban J connectivity index is 1.61. The molecule has 3 rings (SSSR count). The minimum absolute atomic E-state index is 0.0252. The molecule has 1 atom stereocenters. The zero-order valence-electron chi connectivity index (χ0n) is 12.9. The zero-order valence-corrected chi connectivity index (χ0v) is 12.9. The van der Waals surface area contributed by atoms with Crippen molar-refractivity contribution in [1.82, 2.24) is 5.32 Å². The minimum Gasteiger partial charge on any atom is -0.489 e. The van der Waals surface area contributed by atoms with Crippen LogP contribution in [0.2, 0.25) is 0 Å². The smallest absolute Gasteiger partial charge is 0.229 e. The molecular formula is C18H17FN2O3. The van der Waals surface area contributed by atoms with E-state index in [0.717, 1.165) is 11.3 Å². The predicted molar refractivity (Wildman–Crippen MR) is 87.1 cm³/mol. The van der Waals surface area contributed by atoms with Crippen LogP contribution in [0.3, 0.4) is 0 Å². The monoisotopic (exact) mass is 328 g/mol. The number of nitrogens with one attached hydrogen (secondary N) is 1. The van der Waals surface area contributed by atoms with E-state index in [2.05, 4.69) is 5.32 Å². The second-order valence-electron chi connectivity index (χ2n) is 5.60. The molecule has 0 unspecified atom stereocenters. The highest BCUT2D eigenvalue weighted by atomic mass is 19.1. The molecule has 2 aromatic rings. The summed E-state index contributed by atoms with van der Waals surface area (Å²) in [5.41, 5.74) is 1.50. The largest absolute Gasteiger partial charge is 0.489 e. The quantitative estimate of drug-likeness (QED) is 0.828. The van der Waals surface area contributed by atoms with Crippen molar-refractivity contribution in [2.45, 2.75) is 19.1 Å². The lowest BCUT2D eigenvalue weighted by molar-refractivity contribution is -0.117. The summed E-state index contributed by atoms with van der Waals surface area (Å²) in [4.78, 5) is 24.1. The topological polar surface area (TPSA) is 58.6 Å². The van der Waals surface area contributed by atoms with Gasteiger partial charge in [-0.15, -0.1) is 0 Å². The molecule has 24 heavy (non-hydrogen) atoms. The summed E-state index contributed by atoms with van der Waals surface area (Å²) < 4.78 is 18.7. The first-order chi connectivity index (χ1) is 11.7. The van der Waals surface area contributed by atoms with Crippen molar-refractivity contribution < 1.29 is 18.7 Å². The number of carbonyl (C=O) groups is 2. The Hall–Kier alpha value is -2.89. The van der Waals surface area contributed by atoms with Crippen molar-refractivity contribution in [2.24, 2.45) is 0 Å². The van der Waals surface area contributed by atoms with Gasteiger partial charge in [-0.25, -0.2) is 4.39 Å². The molecule has 6 heteroatoms. The summed E-state index contributed by atoms with van der Waals surface area (Å²) in [6.07, 6.45) is 0.918. The molecule has 2 aromatic carbocycles. The van der Waals surface area contributed by atoms with Crippen molar-refractivity contribution in [3.05, 3.63) is 59.9 Å². The van der Waals surface area contributed by atoms with E-state index in [9.17, 15) is 14.0 Å². The van der Waals surface area contributed by atoms with E-state index in [1.807, 2.05) is 0 Å². The number of rotatable bonds is 6. The maximum absolute atomic E-state index is 13.1. The van der Waals surface area contributed by atoms with Gasteiger partial charge >= 0.3 is 0 Å². The number of carbonyl (C=O) groups excluding carboxylic acids is 2. The summed E-state index contributed by atoms with van der Waals surface area (Å²) in [6.45, 7) is 0.728. The van der Waals surface area contributed by atoms with Crippen LogP contribution in [0.25, 0.3) is 0 Å². The van der Waals surface area contributed by atoms with Crippen molar-refractivity contribution in [3.63, 3.8) is 0 Å². The number of halogens is 1. The van der Waals surface area contributed by atoms with Crippen LogP contribution in [0.5, 0.6) is 5.75 Å². The fourth-order valence-electron chi connectivity index (χ4n) is 2.68. The molecule has 1 saturated heterocycles. The first kappa shape index (κ1) is 16.0. The summed E-state index contributed by atoms with van der Waals surface area (Å²) in [5, 5.41) is 2.63. The van der Waals surface area contributed by atoms with E-state index in [-0.39, 0.29) is 24.4 Å². The highest BCUT2D eigenvalue weighted by Crippen LogP contribution is 2.24. The van der Waals surface area contributed by atoms with Gasteiger partial charge in [0.05, 0.1) is 6.04 Å². The molecule has 2 amide bonds. The molecule has 0 spiro atoms. The van der Waals surface area contributed by atoms with Gasteiger partial charge in [0.2, 0.25) is 12.3 Å². The van der Waals surface area contributed by atoms with Crippen LogP contribution in [0.4, 0.5) is 10.1 Å². The number of nitrogens with zero attached hydrogens (tertiary/aromatic N) is 1. The molecule has 0 radical (unpaired) electrons. The van der Waals surface area contributed by atoms with E-state index in [0.29, 0.717) is 25.1 Å². The number of ether oxygens (including phenoxy) is 1. The highest BCUT2D eigenvalue weighted by Gasteiger charge is 2.30. The van der Waals surface area contributed by atoms with Crippen LogP contribution >= 0.6 is 0 Å². The summed E-state index contributed by atoms with van der Waals surface area (Å²) in [7, 11) is 0. The zero-order chi connectivity index (χ0) is 16.9. The maximum atomic E-state index is 13.1. The Morgan fingerprint density at radius 2 is 2.04 bits per heavy atom. The minimum atomic E-state index is -0.294. The molecule has 1 fully saturated rings. The average Bonchev–Trinajstić information content (AvgIpc) is 2.94. The van der Waals surface area contributed by atoms with Crippen molar-refractivity contribution in [2.75, 3.05) is 11.4 Å². The van der Waals surface area contributed by atoms with E-state index in [1.54, 1.807) is 41.3 Å². The third kappa shape index (κ3) is 3.71. The predicted octanol–water partition coefficient (Wildman–Crippen LogP) is 2.26. The van der Waals surface area contributed by atoms with Gasteiger partial charge in [0.15, 0.2) is 0 Å². The first-order valence-corrected chi connectivity index (χ1v) is 7.63. The van der Waals surface area contributed by atoms with Gasteiger partial charge in [-0.1, -0.05) is 12.1 Å². The first-order valence-electron chi connectivity index (χ1n) is 7.63. The van der Waals surface area contributed by atoms with E-state index in [1.165, 1.54) is 12.1 Å². The van der Waals surface area contributed by atoms with E-state index < -0.39 is 0 Å². The average molecular weight is 328 g/mol. The fraction of sp³-hybridized carbons (Fsp3) is 0.222. The number of hydrogen-bond acceptors (Lipinski definition) is 3. The van der Waals surface area contributed by atoms with Gasteiger partial charge < -0.3 is 15.0 Å². The van der Waals surface area contributed by atoms with E-state index >= 15 is 0 Å². The molecule has 0 saturated carbocycles. The van der Waals surface area contributed by atoms with Crippen LogP contribution in [-0.2, 0) is 16.2 Å². The molecule has 124 valence electrons. The van der Waals surface area contributed by atoms with E-state index in [4.69, 9.17) is 4.74 Å². The van der Waals surface area contributed by atoms with Gasteiger partial charge in [0, 0.05) is 18.7 Å². The van der Waals surface area contributed by atoms with Crippen LogP contribution in [0.15, 0.2) is 48.5 Å². The molecule has 1 heterocycles. The summed E-state index contributed by atoms with van der Waals surface area (Å²) in [6, 6.07) is 13.2. The molecule has 0 aromatic heterocycles. The SMILES string of the molecule is O=CN[C@@H]1CC(=O)N(c2ccc(OCc3cccc(F)c3)cc2)C1. The van der Waals surface area contributed by atoms with Crippen molar-refractivity contribution in [1.29, 1.82) is 0 Å². The maximum Gasteiger partial charge on any atom is 0.229 e. The number of anilines is 1. The molecule has 0 bridgehead atoms. The summed E-state index contributed by atoms with van der Waals surface area (Å²) in [5.74, 6) is 0.317. The Labute approximate surface area is 139 Å². The van der Waals surface area contributed by atoms with Crippen LogP contribution in [0, 0.1) is 5.82 Å². The highest BCUT2D eigenvalue weighted by molar-refractivity contribution is 5.96. The normalized spacial score (nSPS) is 17.0. The van der Waals surface area contributed by atoms with Crippen LogP contribution in [0.1, 0.15) is 12.0 Å². The standard InChI is InChI=1S/C18H17FN2O3/c19-14-3-1-2-13(8-14)11-24-17-6-4-16(5-7-17)21-10-15(20-12-22)9-18(21)23/h1-8,12,15H,9-11H2,(H,20,22)/t15-/m1/s1. The lowest BCUT2D eigenvalue weighted by Gasteiger charge is -2.17. The van der Waals surface area contributed by atoms with Gasteiger partial charge in [0.1, 0.15) is 18.2 Å². The number of benzene rings is 2. The second-order valence-corrected chi connectivity index (χ2v) is 5.60. The molecule has 1 N–H and O–H groups in total. The third-order valence-electron chi connectivity index (χ3n) is 3.87. The van der Waals surface area contributed by atoms with Crippen molar-refractivity contribution >= 4 is 18.0 Å². The van der Waals surface area contributed by atoms with Gasteiger partial charge in [-0.05, 0) is 42.0 Å². The third-order valence-corrected chi connectivity index (χ3v) is 3.87. The summed E-state index contributed by atoms with van der Waals surface area (Å²) >= 11 is 0. The van der Waals surface area contributed by atoms with Crippen molar-refractivity contribution in [3.8, 4) is 5.75 Å². The van der Waals surface area contributed by atoms with Gasteiger partial charge in [0.25, 0.3) is 0 Å². The number of hydrogen-bond donors (Lipinski definition) is 1. The fourth-order valence-corrected chi connectivity index (χ4v) is 2.68. The van der Waals surface area contributed by atoms with Gasteiger partial charge in [-0.3, -0.25) is 9.59 Å². The molecular weight excluding hydrogens is 311 g/mol. The number of amides is 2. The second kappa shape index (κ2) is 7.12. The molecule has 1 aliphatic heterocycles. The Kier molecular flexibility index (Phi) is 4.74. The Morgan fingerprint density at radius 1 is 1.25 bits per heavy atom. The lowest BCUT2D eigenvalue weighted by atomic mass is 10.2. The Morgan fingerprint density at radius 3 is 2.75 bits per heavy atom. The lowest BCUT2D eigenvalue weighted by Crippen LogP contribution is -2.31.